The summed E-state index contributed by atoms with van der Waals surface area (Å²) in [6.45, 7) is 12.4. The molecule has 2 N–H and O–H groups in total. The lowest BCUT2D eigenvalue weighted by molar-refractivity contribution is 0.0220. The van der Waals surface area contributed by atoms with Gasteiger partial charge in [-0.2, -0.15) is 0 Å². The van der Waals surface area contributed by atoms with Crippen molar-refractivity contribution < 1.29 is 9.47 Å². The van der Waals surface area contributed by atoms with Crippen molar-refractivity contribution in [2.24, 2.45) is 10.9 Å². The Morgan fingerprint density at radius 2 is 2.09 bits per heavy atom. The number of morpholine rings is 1. The molecule has 1 saturated heterocycles. The number of nitrogens with one attached hydrogen (secondary N) is 2. The molecular weight excluding hydrogens is 292 g/mol. The minimum atomic E-state index is 0.455. The maximum atomic E-state index is 5.66. The van der Waals surface area contributed by atoms with Gasteiger partial charge >= 0.3 is 0 Å². The molecule has 0 spiro atoms. The number of nitrogens with zero attached hydrogens (tertiary/aromatic N) is 2. The topological polar surface area (TPSA) is 58.1 Å². The molecule has 23 heavy (non-hydrogen) atoms. The molecule has 6 nitrogen and oxygen atoms in total. The number of guanidine groups is 1. The van der Waals surface area contributed by atoms with Crippen LogP contribution in [0.5, 0.6) is 0 Å². The number of hydrogen-bond donors (Lipinski definition) is 2. The van der Waals surface area contributed by atoms with Gasteiger partial charge in [0.15, 0.2) is 5.96 Å². The third-order valence-corrected chi connectivity index (χ3v) is 4.34. The Labute approximate surface area is 141 Å². The summed E-state index contributed by atoms with van der Waals surface area (Å²) in [4.78, 5) is 7.16. The predicted molar refractivity (Wildman–Crippen MR) is 94.0 cm³/mol. The molecule has 1 atom stereocenters. The van der Waals surface area contributed by atoms with Crippen LogP contribution in [0.3, 0.4) is 0 Å². The lowest BCUT2D eigenvalue weighted by atomic mass is 10.2. The van der Waals surface area contributed by atoms with Crippen molar-refractivity contribution >= 4 is 5.96 Å². The first-order valence-corrected chi connectivity index (χ1v) is 9.21. The molecule has 1 heterocycles. The van der Waals surface area contributed by atoms with E-state index in [9.17, 15) is 0 Å². The molecule has 0 bridgehead atoms. The van der Waals surface area contributed by atoms with Crippen LogP contribution < -0.4 is 10.6 Å². The van der Waals surface area contributed by atoms with Gasteiger partial charge in [-0.25, -0.2) is 0 Å². The fraction of sp³-hybridized carbons (Fsp3) is 0.941. The molecule has 0 aromatic carbocycles. The van der Waals surface area contributed by atoms with Crippen LogP contribution in [-0.2, 0) is 9.47 Å². The summed E-state index contributed by atoms with van der Waals surface area (Å²) >= 11 is 0. The van der Waals surface area contributed by atoms with Gasteiger partial charge in [0.05, 0.1) is 19.8 Å². The van der Waals surface area contributed by atoms with Crippen LogP contribution in [0.15, 0.2) is 4.99 Å². The molecule has 2 fully saturated rings. The molecule has 0 aromatic rings. The third kappa shape index (κ3) is 7.99. The van der Waals surface area contributed by atoms with Crippen molar-refractivity contribution in [2.75, 3.05) is 59.2 Å². The molecule has 134 valence electrons. The third-order valence-electron chi connectivity index (χ3n) is 4.34. The van der Waals surface area contributed by atoms with Gasteiger partial charge in [-0.1, -0.05) is 0 Å². The summed E-state index contributed by atoms with van der Waals surface area (Å²) in [6.07, 6.45) is 3.74. The van der Waals surface area contributed by atoms with Crippen molar-refractivity contribution in [3.05, 3.63) is 0 Å². The summed E-state index contributed by atoms with van der Waals surface area (Å²) in [5.74, 6) is 1.76. The van der Waals surface area contributed by atoms with Gasteiger partial charge in [-0.15, -0.1) is 0 Å². The average molecular weight is 326 g/mol. The zero-order valence-electron chi connectivity index (χ0n) is 14.9. The zero-order valence-corrected chi connectivity index (χ0v) is 14.9. The van der Waals surface area contributed by atoms with Crippen molar-refractivity contribution in [2.45, 2.75) is 39.2 Å². The maximum absolute atomic E-state index is 5.66. The number of aliphatic imine (C=N–C) groups is 1. The first-order chi connectivity index (χ1) is 11.3. The standard InChI is InChI=1S/C17H34N4O2/c1-3-18-17(19-7-4-10-23-14-16-5-6-16)20-13-15(2)21-8-11-22-12-9-21/h15-16H,3-14H2,1-2H3,(H2,18,19,20). The van der Waals surface area contributed by atoms with Crippen LogP contribution in [0.4, 0.5) is 0 Å². The molecular formula is C17H34N4O2. The van der Waals surface area contributed by atoms with Crippen molar-refractivity contribution in [3.63, 3.8) is 0 Å². The van der Waals surface area contributed by atoms with Gasteiger partial charge < -0.3 is 20.1 Å². The quantitative estimate of drug-likeness (QED) is 0.357. The molecule has 0 aromatic heterocycles. The number of rotatable bonds is 10. The Bertz CT molecular complexity index is 341. The van der Waals surface area contributed by atoms with E-state index in [2.05, 4.69) is 29.4 Å². The molecule has 2 aliphatic rings. The normalized spacial score (nSPS) is 21.2. The molecule has 0 amide bonds. The lowest BCUT2D eigenvalue weighted by Gasteiger charge is -2.31. The summed E-state index contributed by atoms with van der Waals surface area (Å²) in [6, 6.07) is 0.455. The van der Waals surface area contributed by atoms with Crippen LogP contribution in [0, 0.1) is 5.92 Å². The highest BCUT2D eigenvalue weighted by atomic mass is 16.5. The Balaban J connectivity index is 1.59. The number of hydrogen-bond acceptors (Lipinski definition) is 4. The van der Waals surface area contributed by atoms with Gasteiger partial charge in [-0.3, -0.25) is 9.89 Å². The molecule has 1 aliphatic heterocycles. The van der Waals surface area contributed by atoms with E-state index >= 15 is 0 Å². The highest BCUT2D eigenvalue weighted by Crippen LogP contribution is 2.28. The summed E-state index contributed by atoms with van der Waals surface area (Å²) < 4.78 is 11.1. The van der Waals surface area contributed by atoms with Gasteiger partial charge in [0.25, 0.3) is 0 Å². The fourth-order valence-corrected chi connectivity index (χ4v) is 2.61. The Hall–Kier alpha value is -0.850. The molecule has 6 heteroatoms. The van der Waals surface area contributed by atoms with Gasteiger partial charge in [-0.05, 0) is 39.0 Å². The van der Waals surface area contributed by atoms with E-state index < -0.39 is 0 Å². The second-order valence-corrected chi connectivity index (χ2v) is 6.52. The number of ether oxygens (including phenoxy) is 2. The summed E-state index contributed by atoms with van der Waals surface area (Å²) in [5, 5.41) is 6.71. The highest BCUT2D eigenvalue weighted by molar-refractivity contribution is 5.79. The van der Waals surface area contributed by atoms with Crippen molar-refractivity contribution in [1.82, 2.24) is 15.5 Å². The summed E-state index contributed by atoms with van der Waals surface area (Å²) in [5.41, 5.74) is 0. The van der Waals surface area contributed by atoms with Crippen LogP contribution in [0.1, 0.15) is 33.1 Å². The SMILES string of the molecule is CCNC(=NCC(C)N1CCOCC1)NCCCOCC1CC1. The highest BCUT2D eigenvalue weighted by Gasteiger charge is 2.20. The average Bonchev–Trinajstić information content (AvgIpc) is 3.40. The van der Waals surface area contributed by atoms with E-state index in [0.717, 1.165) is 77.4 Å². The smallest absolute Gasteiger partial charge is 0.191 e. The lowest BCUT2D eigenvalue weighted by Crippen LogP contribution is -2.44. The van der Waals surface area contributed by atoms with E-state index in [4.69, 9.17) is 14.5 Å². The van der Waals surface area contributed by atoms with Crippen LogP contribution in [0.2, 0.25) is 0 Å². The Morgan fingerprint density at radius 3 is 2.78 bits per heavy atom. The molecule has 2 rings (SSSR count). The van der Waals surface area contributed by atoms with Crippen LogP contribution in [-0.4, -0.2) is 76.1 Å². The predicted octanol–water partition coefficient (Wildman–Crippen LogP) is 1.08. The largest absolute Gasteiger partial charge is 0.381 e. The van der Waals surface area contributed by atoms with Gasteiger partial charge in [0.2, 0.25) is 0 Å². The molecule has 1 unspecified atom stereocenters. The first-order valence-electron chi connectivity index (χ1n) is 9.21. The van der Waals surface area contributed by atoms with E-state index in [1.54, 1.807) is 0 Å². The van der Waals surface area contributed by atoms with Crippen molar-refractivity contribution in [3.8, 4) is 0 Å². The molecule has 1 aliphatic carbocycles. The second-order valence-electron chi connectivity index (χ2n) is 6.52. The second kappa shape index (κ2) is 10.8. The van der Waals surface area contributed by atoms with Crippen LogP contribution in [0.25, 0.3) is 0 Å². The van der Waals surface area contributed by atoms with E-state index in [0.29, 0.717) is 6.04 Å². The monoisotopic (exact) mass is 326 g/mol. The van der Waals surface area contributed by atoms with E-state index in [1.807, 2.05) is 0 Å². The summed E-state index contributed by atoms with van der Waals surface area (Å²) in [7, 11) is 0. The fourth-order valence-electron chi connectivity index (χ4n) is 2.61. The van der Waals surface area contributed by atoms with E-state index in [-0.39, 0.29) is 0 Å². The molecule has 1 saturated carbocycles. The molecule has 0 radical (unpaired) electrons. The van der Waals surface area contributed by atoms with Crippen molar-refractivity contribution in [1.29, 1.82) is 0 Å². The van der Waals surface area contributed by atoms with Gasteiger partial charge in [0, 0.05) is 45.4 Å². The first kappa shape index (κ1) is 18.5. The van der Waals surface area contributed by atoms with E-state index in [1.165, 1.54) is 12.8 Å². The Morgan fingerprint density at radius 1 is 1.30 bits per heavy atom. The zero-order chi connectivity index (χ0) is 16.3. The Kier molecular flexibility index (Phi) is 8.71. The van der Waals surface area contributed by atoms with Crippen LogP contribution >= 0.6 is 0 Å². The maximum Gasteiger partial charge on any atom is 0.191 e. The minimum absolute atomic E-state index is 0.455. The van der Waals surface area contributed by atoms with Gasteiger partial charge in [0.1, 0.15) is 0 Å². The minimum Gasteiger partial charge on any atom is -0.381 e.